The fraction of sp³-hybridized carbons (Fsp3) is 0.533. The maximum atomic E-state index is 11.9. The Morgan fingerprint density at radius 2 is 1.83 bits per heavy atom. The third kappa shape index (κ3) is 5.09. The van der Waals surface area contributed by atoms with E-state index in [0.29, 0.717) is 0 Å². The van der Waals surface area contributed by atoms with Crippen LogP contribution in [0.15, 0.2) is 18.2 Å². The van der Waals surface area contributed by atoms with Crippen LogP contribution in [-0.2, 0) is 0 Å². The molecule has 0 aromatic heterocycles. The van der Waals surface area contributed by atoms with E-state index in [1.807, 2.05) is 32.0 Å². The normalized spacial score (nSPS) is 10.4. The van der Waals surface area contributed by atoms with Gasteiger partial charge in [-0.1, -0.05) is 18.9 Å². The lowest BCUT2D eigenvalue weighted by Gasteiger charge is -2.07. The number of unbranched alkanes of at least 4 members (excludes halogenated alkanes) is 3. The standard InChI is InChI=1S/C15H22ClNO/c1-12-7-8-14(11-13(12)2)15(18)17-10-6-4-3-5-9-16/h7-8,11H,3-6,9-10H2,1-2H3,(H,17,18). The maximum Gasteiger partial charge on any atom is 0.251 e. The zero-order valence-corrected chi connectivity index (χ0v) is 12.0. The van der Waals surface area contributed by atoms with Crippen molar-refractivity contribution < 1.29 is 4.79 Å². The molecule has 0 aliphatic heterocycles. The first kappa shape index (κ1) is 15.0. The van der Waals surface area contributed by atoms with E-state index < -0.39 is 0 Å². The molecule has 0 saturated carbocycles. The van der Waals surface area contributed by atoms with Gasteiger partial charge < -0.3 is 5.32 Å². The predicted molar refractivity (Wildman–Crippen MR) is 77.4 cm³/mol. The van der Waals surface area contributed by atoms with E-state index >= 15 is 0 Å². The molecular formula is C15H22ClNO. The minimum absolute atomic E-state index is 0.0236. The number of hydrogen-bond acceptors (Lipinski definition) is 1. The van der Waals surface area contributed by atoms with E-state index in [-0.39, 0.29) is 5.91 Å². The molecule has 0 atom stereocenters. The lowest BCUT2D eigenvalue weighted by molar-refractivity contribution is 0.0953. The quantitative estimate of drug-likeness (QED) is 0.590. The third-order valence-electron chi connectivity index (χ3n) is 3.12. The van der Waals surface area contributed by atoms with Gasteiger partial charge in [-0.05, 0) is 49.9 Å². The van der Waals surface area contributed by atoms with E-state index in [2.05, 4.69) is 5.32 Å². The van der Waals surface area contributed by atoms with Crippen molar-refractivity contribution in [2.75, 3.05) is 12.4 Å². The van der Waals surface area contributed by atoms with Gasteiger partial charge in [-0.3, -0.25) is 4.79 Å². The fourth-order valence-corrected chi connectivity index (χ4v) is 1.95. The van der Waals surface area contributed by atoms with Crippen LogP contribution < -0.4 is 5.32 Å². The van der Waals surface area contributed by atoms with Crippen molar-refractivity contribution in [3.8, 4) is 0 Å². The van der Waals surface area contributed by atoms with E-state index in [9.17, 15) is 4.79 Å². The highest BCUT2D eigenvalue weighted by atomic mass is 35.5. The Morgan fingerprint density at radius 3 is 2.50 bits per heavy atom. The van der Waals surface area contributed by atoms with Crippen LogP contribution >= 0.6 is 11.6 Å². The topological polar surface area (TPSA) is 29.1 Å². The molecule has 100 valence electrons. The van der Waals surface area contributed by atoms with Crippen LogP contribution in [0.25, 0.3) is 0 Å². The molecule has 1 N–H and O–H groups in total. The summed E-state index contributed by atoms with van der Waals surface area (Å²) in [6.45, 7) is 4.82. The van der Waals surface area contributed by atoms with Crippen LogP contribution in [0.4, 0.5) is 0 Å². The van der Waals surface area contributed by atoms with Crippen molar-refractivity contribution in [1.82, 2.24) is 5.32 Å². The molecule has 1 aromatic carbocycles. The number of nitrogens with one attached hydrogen (secondary N) is 1. The predicted octanol–water partition coefficient (Wildman–Crippen LogP) is 3.83. The van der Waals surface area contributed by atoms with Crippen molar-refractivity contribution in [3.63, 3.8) is 0 Å². The van der Waals surface area contributed by atoms with Gasteiger partial charge in [0.1, 0.15) is 0 Å². The molecule has 0 saturated heterocycles. The average Bonchev–Trinajstić information content (AvgIpc) is 2.36. The second kappa shape index (κ2) is 8.15. The zero-order valence-electron chi connectivity index (χ0n) is 11.3. The van der Waals surface area contributed by atoms with Crippen LogP contribution in [0.5, 0.6) is 0 Å². The first-order chi connectivity index (χ1) is 8.65. The molecule has 0 bridgehead atoms. The Labute approximate surface area is 115 Å². The van der Waals surface area contributed by atoms with Crippen molar-refractivity contribution in [1.29, 1.82) is 0 Å². The third-order valence-corrected chi connectivity index (χ3v) is 3.38. The van der Waals surface area contributed by atoms with E-state index in [0.717, 1.165) is 49.2 Å². The lowest BCUT2D eigenvalue weighted by atomic mass is 10.1. The number of carbonyl (C=O) groups is 1. The summed E-state index contributed by atoms with van der Waals surface area (Å²) in [6, 6.07) is 5.81. The minimum atomic E-state index is 0.0236. The SMILES string of the molecule is Cc1ccc(C(=O)NCCCCCCCl)cc1C. The molecule has 0 unspecified atom stereocenters. The van der Waals surface area contributed by atoms with Crippen molar-refractivity contribution >= 4 is 17.5 Å². The fourth-order valence-electron chi connectivity index (χ4n) is 1.76. The Bertz CT molecular complexity index is 390. The van der Waals surface area contributed by atoms with Gasteiger partial charge in [-0.15, -0.1) is 11.6 Å². The van der Waals surface area contributed by atoms with Crippen LogP contribution in [0.2, 0.25) is 0 Å². The number of hydrogen-bond donors (Lipinski definition) is 1. The highest BCUT2D eigenvalue weighted by Crippen LogP contribution is 2.09. The van der Waals surface area contributed by atoms with Gasteiger partial charge in [0.25, 0.3) is 5.91 Å². The average molecular weight is 268 g/mol. The number of rotatable bonds is 7. The lowest BCUT2D eigenvalue weighted by Crippen LogP contribution is -2.24. The molecule has 1 rings (SSSR count). The second-order valence-corrected chi connectivity index (χ2v) is 5.04. The number of alkyl halides is 1. The summed E-state index contributed by atoms with van der Waals surface area (Å²) in [7, 11) is 0. The zero-order chi connectivity index (χ0) is 13.4. The Kier molecular flexibility index (Phi) is 6.81. The Balaban J connectivity index is 2.30. The smallest absolute Gasteiger partial charge is 0.251 e. The molecule has 0 fully saturated rings. The van der Waals surface area contributed by atoms with Gasteiger partial charge in [-0.25, -0.2) is 0 Å². The number of carbonyl (C=O) groups excluding carboxylic acids is 1. The molecule has 2 nitrogen and oxygen atoms in total. The van der Waals surface area contributed by atoms with Gasteiger partial charge in [0.05, 0.1) is 0 Å². The van der Waals surface area contributed by atoms with E-state index in [1.54, 1.807) is 0 Å². The summed E-state index contributed by atoms with van der Waals surface area (Å²) in [5.41, 5.74) is 3.12. The minimum Gasteiger partial charge on any atom is -0.352 e. The van der Waals surface area contributed by atoms with E-state index in [4.69, 9.17) is 11.6 Å². The van der Waals surface area contributed by atoms with Crippen LogP contribution in [0.1, 0.15) is 47.2 Å². The molecule has 1 aromatic rings. The monoisotopic (exact) mass is 267 g/mol. The second-order valence-electron chi connectivity index (χ2n) is 4.66. The van der Waals surface area contributed by atoms with Crippen LogP contribution in [0.3, 0.4) is 0 Å². The molecule has 0 aliphatic rings. The summed E-state index contributed by atoms with van der Waals surface area (Å²) >= 11 is 5.60. The molecule has 0 aliphatic carbocycles. The number of amides is 1. The highest BCUT2D eigenvalue weighted by Gasteiger charge is 2.05. The molecule has 0 radical (unpaired) electrons. The van der Waals surface area contributed by atoms with Gasteiger partial charge in [-0.2, -0.15) is 0 Å². The molecule has 1 amide bonds. The summed E-state index contributed by atoms with van der Waals surface area (Å²) in [6.07, 6.45) is 4.35. The number of halogens is 1. The molecule has 0 heterocycles. The summed E-state index contributed by atoms with van der Waals surface area (Å²) in [5, 5.41) is 2.95. The molecule has 0 spiro atoms. The molecule has 18 heavy (non-hydrogen) atoms. The van der Waals surface area contributed by atoms with Crippen molar-refractivity contribution in [2.45, 2.75) is 39.5 Å². The van der Waals surface area contributed by atoms with Gasteiger partial charge in [0.15, 0.2) is 0 Å². The van der Waals surface area contributed by atoms with Gasteiger partial charge in [0, 0.05) is 18.0 Å². The van der Waals surface area contributed by atoms with Crippen molar-refractivity contribution in [3.05, 3.63) is 34.9 Å². The molecule has 3 heteroatoms. The highest BCUT2D eigenvalue weighted by molar-refractivity contribution is 6.17. The molecular weight excluding hydrogens is 246 g/mol. The number of aryl methyl sites for hydroxylation is 2. The summed E-state index contributed by atoms with van der Waals surface area (Å²) < 4.78 is 0. The maximum absolute atomic E-state index is 11.9. The Hall–Kier alpha value is -1.02. The summed E-state index contributed by atoms with van der Waals surface area (Å²) in [5.74, 6) is 0.755. The van der Waals surface area contributed by atoms with Gasteiger partial charge >= 0.3 is 0 Å². The van der Waals surface area contributed by atoms with E-state index in [1.165, 1.54) is 5.56 Å². The summed E-state index contributed by atoms with van der Waals surface area (Å²) in [4.78, 5) is 11.9. The Morgan fingerprint density at radius 1 is 1.11 bits per heavy atom. The number of benzene rings is 1. The first-order valence-corrected chi connectivity index (χ1v) is 7.10. The van der Waals surface area contributed by atoms with Crippen molar-refractivity contribution in [2.24, 2.45) is 0 Å². The van der Waals surface area contributed by atoms with Crippen LogP contribution in [0, 0.1) is 13.8 Å². The van der Waals surface area contributed by atoms with Gasteiger partial charge in [0.2, 0.25) is 0 Å². The van der Waals surface area contributed by atoms with Crippen LogP contribution in [-0.4, -0.2) is 18.3 Å². The first-order valence-electron chi connectivity index (χ1n) is 6.56. The largest absolute Gasteiger partial charge is 0.352 e.